The van der Waals surface area contributed by atoms with Gasteiger partial charge in [-0.3, -0.25) is 4.79 Å². The highest BCUT2D eigenvalue weighted by atomic mass is 16.5. The smallest absolute Gasteiger partial charge is 0.337 e. The normalized spacial score (nSPS) is 15.2. The van der Waals surface area contributed by atoms with Gasteiger partial charge in [-0.25, -0.2) is 4.79 Å². The van der Waals surface area contributed by atoms with Gasteiger partial charge in [0.2, 0.25) is 0 Å². The summed E-state index contributed by atoms with van der Waals surface area (Å²) in [5, 5.41) is 1.03. The van der Waals surface area contributed by atoms with E-state index in [-0.39, 0.29) is 11.8 Å². The first-order valence-corrected chi connectivity index (χ1v) is 6.62. The summed E-state index contributed by atoms with van der Waals surface area (Å²) in [6, 6.07) is 5.42. The summed E-state index contributed by atoms with van der Waals surface area (Å²) >= 11 is 0. The second-order valence-electron chi connectivity index (χ2n) is 4.94. The average molecular weight is 269 g/mol. The molecule has 1 aromatic carbocycles. The van der Waals surface area contributed by atoms with Gasteiger partial charge < -0.3 is 9.72 Å². The molecule has 1 aliphatic carbocycles. The molecule has 0 unspecified atom stereocenters. The minimum atomic E-state index is -0.352. The summed E-state index contributed by atoms with van der Waals surface area (Å²) in [5.74, 6) is -0.165. The number of carbonyl (C=O) groups excluding carboxylic acids is 2. The maximum Gasteiger partial charge on any atom is 0.337 e. The van der Waals surface area contributed by atoms with E-state index in [4.69, 9.17) is 4.74 Å². The van der Waals surface area contributed by atoms with Crippen molar-refractivity contribution in [3.05, 3.63) is 41.6 Å². The largest absolute Gasteiger partial charge is 0.465 e. The second kappa shape index (κ2) is 4.96. The van der Waals surface area contributed by atoms with Gasteiger partial charge in [0.1, 0.15) is 0 Å². The van der Waals surface area contributed by atoms with Crippen molar-refractivity contribution in [3.8, 4) is 0 Å². The lowest BCUT2D eigenvalue weighted by Gasteiger charge is -2.11. The van der Waals surface area contributed by atoms with Crippen molar-refractivity contribution in [2.24, 2.45) is 0 Å². The highest BCUT2D eigenvalue weighted by Crippen LogP contribution is 2.31. The molecule has 0 spiro atoms. The highest BCUT2D eigenvalue weighted by Gasteiger charge is 2.15. The molecule has 2 aromatic rings. The van der Waals surface area contributed by atoms with Crippen LogP contribution in [0.4, 0.5) is 0 Å². The first-order valence-electron chi connectivity index (χ1n) is 6.62. The topological polar surface area (TPSA) is 59.2 Å². The van der Waals surface area contributed by atoms with Crippen LogP contribution in [0.3, 0.4) is 0 Å². The first kappa shape index (κ1) is 12.7. The molecular formula is C16H15NO3. The number of nitrogens with one attached hydrogen (secondary N) is 1. The summed E-state index contributed by atoms with van der Waals surface area (Å²) in [4.78, 5) is 26.2. The summed E-state index contributed by atoms with van der Waals surface area (Å²) < 4.78 is 4.71. The average Bonchev–Trinajstić information content (AvgIpc) is 2.89. The van der Waals surface area contributed by atoms with Crippen LogP contribution in [0, 0.1) is 0 Å². The Hall–Kier alpha value is -2.36. The zero-order valence-corrected chi connectivity index (χ0v) is 11.2. The third-order valence-electron chi connectivity index (χ3n) is 3.65. The molecule has 0 amide bonds. The van der Waals surface area contributed by atoms with E-state index in [9.17, 15) is 9.59 Å². The molecule has 0 atom stereocenters. The molecule has 3 rings (SSSR count). The van der Waals surface area contributed by atoms with E-state index < -0.39 is 0 Å². The monoisotopic (exact) mass is 269 g/mol. The molecule has 1 heterocycles. The van der Waals surface area contributed by atoms with Crippen LogP contribution in [0.25, 0.3) is 16.5 Å². The number of fused-ring (bicyclic) bond motifs is 1. The Kier molecular flexibility index (Phi) is 3.14. The van der Waals surface area contributed by atoms with Crippen molar-refractivity contribution < 1.29 is 14.3 Å². The Morgan fingerprint density at radius 1 is 1.30 bits per heavy atom. The van der Waals surface area contributed by atoms with E-state index in [0.29, 0.717) is 12.0 Å². The van der Waals surface area contributed by atoms with Crippen molar-refractivity contribution in [1.82, 2.24) is 4.98 Å². The number of hydrogen-bond donors (Lipinski definition) is 1. The van der Waals surface area contributed by atoms with Crippen LogP contribution < -0.4 is 0 Å². The molecule has 0 aliphatic heterocycles. The van der Waals surface area contributed by atoms with Crippen molar-refractivity contribution in [2.45, 2.75) is 19.3 Å². The van der Waals surface area contributed by atoms with E-state index in [1.54, 1.807) is 18.2 Å². The van der Waals surface area contributed by atoms with E-state index >= 15 is 0 Å². The van der Waals surface area contributed by atoms with Crippen LogP contribution >= 0.6 is 0 Å². The van der Waals surface area contributed by atoms with Crippen LogP contribution in [-0.4, -0.2) is 23.8 Å². The molecule has 0 saturated heterocycles. The van der Waals surface area contributed by atoms with Crippen LogP contribution in [-0.2, 0) is 9.53 Å². The maximum atomic E-state index is 11.5. The fourth-order valence-electron chi connectivity index (χ4n) is 2.64. The van der Waals surface area contributed by atoms with E-state index in [2.05, 4.69) is 4.98 Å². The van der Waals surface area contributed by atoms with Gasteiger partial charge in [0.25, 0.3) is 0 Å². The number of esters is 1. The number of hydrogen-bond acceptors (Lipinski definition) is 3. The Labute approximate surface area is 116 Å². The first-order chi connectivity index (χ1) is 9.69. The quantitative estimate of drug-likeness (QED) is 0.852. The van der Waals surface area contributed by atoms with Crippen LogP contribution in [0.2, 0.25) is 0 Å². The minimum Gasteiger partial charge on any atom is -0.465 e. The molecule has 4 nitrogen and oxygen atoms in total. The van der Waals surface area contributed by atoms with Gasteiger partial charge in [0.05, 0.1) is 12.7 Å². The van der Waals surface area contributed by atoms with Gasteiger partial charge in [0.15, 0.2) is 5.78 Å². The molecule has 1 aliphatic rings. The maximum absolute atomic E-state index is 11.5. The van der Waals surface area contributed by atoms with Gasteiger partial charge in [-0.2, -0.15) is 0 Å². The molecule has 0 bridgehead atoms. The van der Waals surface area contributed by atoms with E-state index in [1.165, 1.54) is 7.11 Å². The third kappa shape index (κ3) is 2.13. The lowest BCUT2D eigenvalue weighted by molar-refractivity contribution is -0.114. The third-order valence-corrected chi connectivity index (χ3v) is 3.65. The van der Waals surface area contributed by atoms with Crippen molar-refractivity contribution in [2.75, 3.05) is 7.11 Å². The molecule has 4 heteroatoms. The summed E-state index contributed by atoms with van der Waals surface area (Å²) in [6.45, 7) is 0. The van der Waals surface area contributed by atoms with Gasteiger partial charge in [-0.1, -0.05) is 6.07 Å². The van der Waals surface area contributed by atoms with Gasteiger partial charge >= 0.3 is 5.97 Å². The number of H-pyrrole nitrogens is 1. The van der Waals surface area contributed by atoms with E-state index in [1.807, 2.05) is 12.3 Å². The van der Waals surface area contributed by atoms with Crippen molar-refractivity contribution in [3.63, 3.8) is 0 Å². The molecule has 0 fully saturated rings. The Morgan fingerprint density at radius 3 is 2.90 bits per heavy atom. The standard InChI is InChI=1S/C16H15NO3/c1-20-16(19)11-5-6-13-14(9-17-15(13)8-11)10-3-2-4-12(18)7-10/h5-9,17H,2-4H2,1H3. The summed E-state index contributed by atoms with van der Waals surface area (Å²) in [7, 11) is 1.37. The number of aromatic nitrogens is 1. The Morgan fingerprint density at radius 2 is 2.15 bits per heavy atom. The number of benzene rings is 1. The number of carbonyl (C=O) groups is 2. The zero-order valence-electron chi connectivity index (χ0n) is 11.2. The predicted molar refractivity (Wildman–Crippen MR) is 76.5 cm³/mol. The van der Waals surface area contributed by atoms with Crippen LogP contribution in [0.15, 0.2) is 30.5 Å². The fraction of sp³-hybridized carbons (Fsp3) is 0.250. The van der Waals surface area contributed by atoms with Gasteiger partial charge in [0, 0.05) is 29.1 Å². The number of ether oxygens (including phenoxy) is 1. The predicted octanol–water partition coefficient (Wildman–Crippen LogP) is 3.09. The molecular weight excluding hydrogens is 254 g/mol. The second-order valence-corrected chi connectivity index (χ2v) is 4.94. The van der Waals surface area contributed by atoms with Crippen LogP contribution in [0.5, 0.6) is 0 Å². The molecule has 0 saturated carbocycles. The van der Waals surface area contributed by atoms with Gasteiger partial charge in [-0.05, 0) is 36.6 Å². The molecule has 1 N–H and O–H groups in total. The van der Waals surface area contributed by atoms with Gasteiger partial charge in [-0.15, -0.1) is 0 Å². The highest BCUT2D eigenvalue weighted by molar-refractivity contribution is 6.04. The van der Waals surface area contributed by atoms with Crippen LogP contribution in [0.1, 0.15) is 35.2 Å². The number of allylic oxidation sites excluding steroid dienone is 2. The van der Waals surface area contributed by atoms with Crippen molar-refractivity contribution in [1.29, 1.82) is 0 Å². The SMILES string of the molecule is COC(=O)c1ccc2c(C3=CC(=O)CCC3)c[nH]c2c1. The fourth-order valence-corrected chi connectivity index (χ4v) is 2.64. The molecule has 1 aromatic heterocycles. The molecule has 102 valence electrons. The molecule has 20 heavy (non-hydrogen) atoms. The summed E-state index contributed by atoms with van der Waals surface area (Å²) in [6.07, 6.45) is 6.09. The number of aromatic amines is 1. The minimum absolute atomic E-state index is 0.187. The summed E-state index contributed by atoms with van der Waals surface area (Å²) in [5.41, 5.74) is 3.51. The molecule has 0 radical (unpaired) electrons. The number of methoxy groups -OCH3 is 1. The Balaban J connectivity index is 2.06. The van der Waals surface area contributed by atoms with E-state index in [0.717, 1.165) is 34.9 Å². The van der Waals surface area contributed by atoms with Crippen molar-refractivity contribution >= 4 is 28.2 Å². The number of ketones is 1. The lowest BCUT2D eigenvalue weighted by Crippen LogP contribution is -2.02. The lowest BCUT2D eigenvalue weighted by atomic mass is 9.92. The zero-order chi connectivity index (χ0) is 14.1. The number of rotatable bonds is 2. The Bertz CT molecular complexity index is 724.